The van der Waals surface area contributed by atoms with E-state index in [0.717, 1.165) is 11.4 Å². The number of thioether (sulfide) groups is 1. The minimum atomic E-state index is -1.09. The fraction of sp³-hybridized carbons (Fsp3) is 0.217. The normalized spacial score (nSPS) is 11.5. The summed E-state index contributed by atoms with van der Waals surface area (Å²) in [6.07, 6.45) is -1.09. The van der Waals surface area contributed by atoms with Crippen molar-refractivity contribution in [1.82, 2.24) is 9.97 Å². The van der Waals surface area contributed by atoms with Gasteiger partial charge in [0.25, 0.3) is 5.91 Å². The van der Waals surface area contributed by atoms with Crippen molar-refractivity contribution >= 4 is 29.3 Å². The quantitative estimate of drug-likeness (QED) is 0.322. The Hall–Kier alpha value is -3.39. The Balaban J connectivity index is 1.69. The van der Waals surface area contributed by atoms with E-state index in [9.17, 15) is 9.59 Å². The number of amides is 1. The fourth-order valence-corrected chi connectivity index (χ4v) is 3.56. The third-order valence-corrected chi connectivity index (χ3v) is 5.05. The molecule has 1 heterocycles. The van der Waals surface area contributed by atoms with E-state index in [1.807, 2.05) is 26.0 Å². The average Bonchev–Trinajstić information content (AvgIpc) is 2.76. The van der Waals surface area contributed by atoms with Gasteiger partial charge in [0.1, 0.15) is 5.75 Å². The number of rotatable bonds is 8. The number of carbonyl (C=O) groups excluding carboxylic acids is 2. The topological polar surface area (TPSA) is 90.4 Å². The Morgan fingerprint density at radius 1 is 1.00 bits per heavy atom. The van der Waals surface area contributed by atoms with Gasteiger partial charge in [-0.15, -0.1) is 0 Å². The van der Waals surface area contributed by atoms with Gasteiger partial charge in [-0.1, -0.05) is 42.1 Å². The Labute approximate surface area is 185 Å². The minimum Gasteiger partial charge on any atom is -0.497 e. The van der Waals surface area contributed by atoms with Gasteiger partial charge in [-0.05, 0) is 44.2 Å². The highest BCUT2D eigenvalue weighted by Gasteiger charge is 2.25. The number of hydrogen-bond donors (Lipinski definition) is 1. The smallest absolute Gasteiger partial charge is 0.317 e. The van der Waals surface area contributed by atoms with E-state index in [1.165, 1.54) is 11.8 Å². The number of carbonyl (C=O) groups is 2. The molecule has 31 heavy (non-hydrogen) atoms. The number of hydrogen-bond acceptors (Lipinski definition) is 7. The first kappa shape index (κ1) is 22.3. The molecule has 8 heteroatoms. The highest BCUT2D eigenvalue weighted by Crippen LogP contribution is 2.23. The van der Waals surface area contributed by atoms with E-state index < -0.39 is 18.0 Å². The van der Waals surface area contributed by atoms with Gasteiger partial charge in [0, 0.05) is 22.6 Å². The maximum Gasteiger partial charge on any atom is 0.317 e. The number of aryl methyl sites for hydroxylation is 2. The fourth-order valence-electron chi connectivity index (χ4n) is 2.83. The standard InChI is InChI=1S/C23H23N3O4S/c1-15-13-16(2)25-23(24-15)31-14-20(27)30-21(17-7-5-4-6-8-17)22(28)26-18-9-11-19(29-3)12-10-18/h4-13,21H,14H2,1-3H3,(H,26,28). The first-order chi connectivity index (χ1) is 14.9. The molecule has 1 amide bonds. The molecule has 0 aliphatic rings. The van der Waals surface area contributed by atoms with Crippen LogP contribution in [-0.4, -0.2) is 34.7 Å². The van der Waals surface area contributed by atoms with Gasteiger partial charge < -0.3 is 14.8 Å². The zero-order valence-electron chi connectivity index (χ0n) is 17.5. The van der Waals surface area contributed by atoms with Crippen molar-refractivity contribution < 1.29 is 19.1 Å². The highest BCUT2D eigenvalue weighted by molar-refractivity contribution is 7.99. The van der Waals surface area contributed by atoms with E-state index in [4.69, 9.17) is 9.47 Å². The van der Waals surface area contributed by atoms with Crippen molar-refractivity contribution in [2.45, 2.75) is 25.1 Å². The van der Waals surface area contributed by atoms with Crippen LogP contribution < -0.4 is 10.1 Å². The zero-order valence-corrected chi connectivity index (χ0v) is 18.3. The van der Waals surface area contributed by atoms with Crippen LogP contribution in [0.1, 0.15) is 23.1 Å². The molecule has 0 radical (unpaired) electrons. The monoisotopic (exact) mass is 437 g/mol. The van der Waals surface area contributed by atoms with E-state index in [1.54, 1.807) is 55.6 Å². The number of ether oxygens (including phenoxy) is 2. The first-order valence-electron chi connectivity index (χ1n) is 9.59. The van der Waals surface area contributed by atoms with Crippen LogP contribution in [0.3, 0.4) is 0 Å². The van der Waals surface area contributed by atoms with Crippen LogP contribution in [0.4, 0.5) is 5.69 Å². The summed E-state index contributed by atoms with van der Waals surface area (Å²) in [4.78, 5) is 34.0. The maximum absolute atomic E-state index is 12.9. The summed E-state index contributed by atoms with van der Waals surface area (Å²) in [5.74, 6) is -0.319. The summed E-state index contributed by atoms with van der Waals surface area (Å²) in [5, 5.41) is 3.28. The number of esters is 1. The second-order valence-electron chi connectivity index (χ2n) is 6.72. The van der Waals surface area contributed by atoms with Gasteiger partial charge in [-0.2, -0.15) is 0 Å². The van der Waals surface area contributed by atoms with Gasteiger partial charge in [-0.3, -0.25) is 9.59 Å². The molecule has 2 aromatic carbocycles. The molecule has 1 unspecified atom stereocenters. The van der Waals surface area contributed by atoms with Crippen molar-refractivity contribution in [3.05, 3.63) is 77.6 Å². The lowest BCUT2D eigenvalue weighted by atomic mass is 10.1. The van der Waals surface area contributed by atoms with Gasteiger partial charge in [-0.25, -0.2) is 9.97 Å². The first-order valence-corrected chi connectivity index (χ1v) is 10.6. The van der Waals surface area contributed by atoms with Crippen LogP contribution in [0.5, 0.6) is 5.75 Å². The van der Waals surface area contributed by atoms with Crippen LogP contribution in [0.2, 0.25) is 0 Å². The van der Waals surface area contributed by atoms with Crippen LogP contribution in [0.25, 0.3) is 0 Å². The van der Waals surface area contributed by atoms with Crippen LogP contribution in [0.15, 0.2) is 65.8 Å². The number of anilines is 1. The molecule has 3 rings (SSSR count). The van der Waals surface area contributed by atoms with Crippen LogP contribution in [-0.2, 0) is 14.3 Å². The third kappa shape index (κ3) is 6.55. The van der Waals surface area contributed by atoms with E-state index in [2.05, 4.69) is 15.3 Å². The predicted octanol–water partition coefficient (Wildman–Crippen LogP) is 4.12. The molecule has 0 saturated heterocycles. The average molecular weight is 438 g/mol. The Kier molecular flexibility index (Phi) is 7.61. The molecule has 1 atom stereocenters. The molecule has 3 aromatic rings. The molecule has 0 bridgehead atoms. The number of nitrogens with one attached hydrogen (secondary N) is 1. The van der Waals surface area contributed by atoms with Crippen LogP contribution >= 0.6 is 11.8 Å². The molecule has 7 nitrogen and oxygen atoms in total. The summed E-state index contributed by atoms with van der Waals surface area (Å²) in [6, 6.07) is 17.6. The Morgan fingerprint density at radius 3 is 2.26 bits per heavy atom. The van der Waals surface area contributed by atoms with Gasteiger partial charge in [0.15, 0.2) is 5.16 Å². The number of methoxy groups -OCH3 is 1. The predicted molar refractivity (Wildman–Crippen MR) is 119 cm³/mol. The molecular formula is C23H23N3O4S. The molecule has 160 valence electrons. The van der Waals surface area contributed by atoms with Gasteiger partial charge >= 0.3 is 5.97 Å². The van der Waals surface area contributed by atoms with E-state index in [-0.39, 0.29) is 5.75 Å². The summed E-state index contributed by atoms with van der Waals surface area (Å²) < 4.78 is 10.7. The summed E-state index contributed by atoms with van der Waals surface area (Å²) in [6.45, 7) is 3.73. The molecule has 1 N–H and O–H groups in total. The summed E-state index contributed by atoms with van der Waals surface area (Å²) in [7, 11) is 1.57. The van der Waals surface area contributed by atoms with Crippen molar-refractivity contribution in [3.63, 3.8) is 0 Å². The number of benzene rings is 2. The van der Waals surface area contributed by atoms with Crippen molar-refractivity contribution in [1.29, 1.82) is 0 Å². The Bertz CT molecular complexity index is 1020. The van der Waals surface area contributed by atoms with Crippen LogP contribution in [0, 0.1) is 13.8 Å². The van der Waals surface area contributed by atoms with Crippen molar-refractivity contribution in [2.24, 2.45) is 0 Å². The second-order valence-corrected chi connectivity index (χ2v) is 7.66. The number of nitrogens with zero attached hydrogens (tertiary/aromatic N) is 2. The van der Waals surface area contributed by atoms with E-state index in [0.29, 0.717) is 22.2 Å². The molecule has 1 aromatic heterocycles. The second kappa shape index (κ2) is 10.6. The third-order valence-electron chi connectivity index (χ3n) is 4.23. The molecule has 0 aliphatic carbocycles. The SMILES string of the molecule is COc1ccc(NC(=O)C(OC(=O)CSc2nc(C)cc(C)n2)c2ccccc2)cc1. The van der Waals surface area contributed by atoms with Crippen molar-refractivity contribution in [2.75, 3.05) is 18.2 Å². The zero-order chi connectivity index (χ0) is 22.2. The van der Waals surface area contributed by atoms with E-state index >= 15 is 0 Å². The lowest BCUT2D eigenvalue weighted by molar-refractivity contribution is -0.152. The van der Waals surface area contributed by atoms with Gasteiger partial charge in [0.05, 0.1) is 12.9 Å². The molecule has 0 saturated carbocycles. The number of aromatic nitrogens is 2. The summed E-state index contributed by atoms with van der Waals surface area (Å²) in [5.41, 5.74) is 2.80. The molecule has 0 spiro atoms. The van der Waals surface area contributed by atoms with Crippen molar-refractivity contribution in [3.8, 4) is 5.75 Å². The minimum absolute atomic E-state index is 0.0119. The highest BCUT2D eigenvalue weighted by atomic mass is 32.2. The largest absolute Gasteiger partial charge is 0.497 e. The molecular weight excluding hydrogens is 414 g/mol. The lowest BCUT2D eigenvalue weighted by Crippen LogP contribution is -2.26. The molecule has 0 fully saturated rings. The Morgan fingerprint density at radius 2 is 1.65 bits per heavy atom. The lowest BCUT2D eigenvalue weighted by Gasteiger charge is -2.18. The summed E-state index contributed by atoms with van der Waals surface area (Å²) >= 11 is 1.17. The van der Waals surface area contributed by atoms with Gasteiger partial charge in [0.2, 0.25) is 6.10 Å². The molecule has 0 aliphatic heterocycles. The maximum atomic E-state index is 12.9.